The minimum atomic E-state index is -0.711. The Kier molecular flexibility index (Phi) is 3.25. The minimum Gasteiger partial charge on any atom is -0.480 e. The first kappa shape index (κ1) is 11.5. The first-order valence-corrected chi connectivity index (χ1v) is 6.37. The predicted molar refractivity (Wildman–Crippen MR) is 62.4 cm³/mol. The highest BCUT2D eigenvalue weighted by Gasteiger charge is 2.41. The summed E-state index contributed by atoms with van der Waals surface area (Å²) in [7, 11) is 0. The second-order valence-electron chi connectivity index (χ2n) is 4.43. The van der Waals surface area contributed by atoms with Gasteiger partial charge in [0.05, 0.1) is 5.51 Å². The fourth-order valence-corrected chi connectivity index (χ4v) is 2.79. The molecule has 1 saturated heterocycles. The Morgan fingerprint density at radius 3 is 3.12 bits per heavy atom. The van der Waals surface area contributed by atoms with Crippen LogP contribution in [0, 0.1) is 0 Å². The number of hydrogen-bond donors (Lipinski definition) is 1. The summed E-state index contributed by atoms with van der Waals surface area (Å²) in [6.45, 7) is 3.39. The molecule has 2 heterocycles. The molecule has 4 nitrogen and oxygen atoms in total. The summed E-state index contributed by atoms with van der Waals surface area (Å²) < 4.78 is 0. The number of rotatable bonds is 3. The normalized spacial score (nSPS) is 26.8. The summed E-state index contributed by atoms with van der Waals surface area (Å²) in [5, 5.41) is 9.34. The Balaban J connectivity index is 2.14. The molecule has 1 aromatic heterocycles. The number of aliphatic carboxylic acids is 1. The van der Waals surface area contributed by atoms with Gasteiger partial charge in [-0.1, -0.05) is 0 Å². The number of carboxylic acids is 1. The molecule has 0 amide bonds. The van der Waals surface area contributed by atoms with Crippen LogP contribution in [0.2, 0.25) is 0 Å². The van der Waals surface area contributed by atoms with E-state index >= 15 is 0 Å². The van der Waals surface area contributed by atoms with Crippen LogP contribution >= 0.6 is 11.3 Å². The summed E-state index contributed by atoms with van der Waals surface area (Å²) in [6, 6.07) is 0. The zero-order valence-corrected chi connectivity index (χ0v) is 10.2. The molecule has 1 N–H and O–H groups in total. The molecule has 1 fully saturated rings. The van der Waals surface area contributed by atoms with Crippen molar-refractivity contribution in [1.82, 2.24) is 9.88 Å². The highest BCUT2D eigenvalue weighted by atomic mass is 32.1. The average molecular weight is 240 g/mol. The van der Waals surface area contributed by atoms with Crippen molar-refractivity contribution in [3.63, 3.8) is 0 Å². The molecule has 0 aromatic carbocycles. The Morgan fingerprint density at radius 1 is 1.69 bits per heavy atom. The van der Waals surface area contributed by atoms with Crippen LogP contribution in [0.25, 0.3) is 0 Å². The Bertz CT molecular complexity index is 366. The van der Waals surface area contributed by atoms with Crippen molar-refractivity contribution in [2.45, 2.75) is 38.3 Å². The number of nitrogens with zero attached hydrogens (tertiary/aromatic N) is 2. The number of hydrogen-bond acceptors (Lipinski definition) is 4. The van der Waals surface area contributed by atoms with Gasteiger partial charge >= 0.3 is 5.97 Å². The molecule has 0 aliphatic carbocycles. The molecule has 0 spiro atoms. The van der Waals surface area contributed by atoms with E-state index in [1.165, 1.54) is 0 Å². The van der Waals surface area contributed by atoms with Crippen molar-refractivity contribution in [3.8, 4) is 0 Å². The molecule has 1 aromatic rings. The number of likely N-dealkylation sites (tertiary alicyclic amines) is 1. The largest absolute Gasteiger partial charge is 0.480 e. The van der Waals surface area contributed by atoms with Crippen LogP contribution in [0.4, 0.5) is 0 Å². The van der Waals surface area contributed by atoms with Gasteiger partial charge in [0.1, 0.15) is 5.54 Å². The van der Waals surface area contributed by atoms with Crippen LogP contribution in [-0.2, 0) is 11.3 Å². The van der Waals surface area contributed by atoms with Gasteiger partial charge in [0, 0.05) is 17.6 Å². The quantitative estimate of drug-likeness (QED) is 0.877. The van der Waals surface area contributed by atoms with Gasteiger partial charge in [0.15, 0.2) is 0 Å². The topological polar surface area (TPSA) is 53.4 Å². The highest BCUT2D eigenvalue weighted by Crippen LogP contribution is 2.30. The maximum absolute atomic E-state index is 11.4. The van der Waals surface area contributed by atoms with E-state index < -0.39 is 11.5 Å². The van der Waals surface area contributed by atoms with Crippen molar-refractivity contribution in [3.05, 3.63) is 16.6 Å². The van der Waals surface area contributed by atoms with Gasteiger partial charge in [-0.05, 0) is 32.7 Å². The molecular formula is C11H16N2O2S. The second kappa shape index (κ2) is 4.51. The van der Waals surface area contributed by atoms with E-state index in [1.54, 1.807) is 16.8 Å². The van der Waals surface area contributed by atoms with Gasteiger partial charge in [0.2, 0.25) is 0 Å². The Labute approximate surface area is 98.9 Å². The Morgan fingerprint density at radius 2 is 2.50 bits per heavy atom. The summed E-state index contributed by atoms with van der Waals surface area (Å²) in [5.41, 5.74) is 1.08. The maximum atomic E-state index is 11.4. The van der Waals surface area contributed by atoms with E-state index in [4.69, 9.17) is 0 Å². The van der Waals surface area contributed by atoms with Crippen LogP contribution in [0.15, 0.2) is 11.7 Å². The minimum absolute atomic E-state index is 0.702. The van der Waals surface area contributed by atoms with Crippen molar-refractivity contribution in [2.75, 3.05) is 6.54 Å². The van der Waals surface area contributed by atoms with Gasteiger partial charge < -0.3 is 5.11 Å². The number of carbonyl (C=O) groups is 1. The van der Waals surface area contributed by atoms with Gasteiger partial charge in [-0.15, -0.1) is 11.3 Å². The highest BCUT2D eigenvalue weighted by molar-refractivity contribution is 7.09. The van der Waals surface area contributed by atoms with Crippen LogP contribution in [-0.4, -0.2) is 33.0 Å². The number of piperidine rings is 1. The SMILES string of the molecule is CC1(C(=O)O)CCCCN1Cc1cncs1. The molecule has 1 atom stereocenters. The zero-order chi connectivity index (χ0) is 11.6. The summed E-state index contributed by atoms with van der Waals surface area (Å²) in [4.78, 5) is 18.6. The predicted octanol–water partition coefficient (Wildman–Crippen LogP) is 1.97. The molecule has 0 radical (unpaired) electrons. The first-order chi connectivity index (χ1) is 7.63. The van der Waals surface area contributed by atoms with E-state index in [-0.39, 0.29) is 0 Å². The van der Waals surface area contributed by atoms with Gasteiger partial charge in [-0.25, -0.2) is 0 Å². The molecule has 1 aliphatic rings. The van der Waals surface area contributed by atoms with Gasteiger partial charge in [-0.2, -0.15) is 0 Å². The summed E-state index contributed by atoms with van der Waals surface area (Å²) in [5.74, 6) is -0.711. The smallest absolute Gasteiger partial charge is 0.323 e. The third-order valence-electron chi connectivity index (χ3n) is 3.33. The molecular weight excluding hydrogens is 224 g/mol. The fraction of sp³-hybridized carbons (Fsp3) is 0.636. The lowest BCUT2D eigenvalue weighted by Gasteiger charge is -2.41. The maximum Gasteiger partial charge on any atom is 0.323 e. The number of thiazole rings is 1. The lowest BCUT2D eigenvalue weighted by molar-refractivity contribution is -0.153. The van der Waals surface area contributed by atoms with Crippen LogP contribution in [0.5, 0.6) is 0 Å². The third kappa shape index (κ3) is 2.10. The van der Waals surface area contributed by atoms with Crippen LogP contribution in [0.3, 0.4) is 0 Å². The van der Waals surface area contributed by atoms with Gasteiger partial charge in [0.25, 0.3) is 0 Å². The average Bonchev–Trinajstić information content (AvgIpc) is 2.74. The van der Waals surface area contributed by atoms with Crippen molar-refractivity contribution >= 4 is 17.3 Å². The van der Waals surface area contributed by atoms with E-state index in [9.17, 15) is 9.90 Å². The molecule has 1 unspecified atom stereocenters. The van der Waals surface area contributed by atoms with Crippen LogP contribution in [0.1, 0.15) is 31.1 Å². The number of aromatic nitrogens is 1. The zero-order valence-electron chi connectivity index (χ0n) is 9.35. The first-order valence-electron chi connectivity index (χ1n) is 5.49. The van der Waals surface area contributed by atoms with E-state index in [0.717, 1.165) is 30.7 Å². The summed E-state index contributed by atoms with van der Waals surface area (Å²) in [6.07, 6.45) is 4.65. The van der Waals surface area contributed by atoms with Crippen molar-refractivity contribution < 1.29 is 9.90 Å². The monoisotopic (exact) mass is 240 g/mol. The van der Waals surface area contributed by atoms with Crippen molar-refractivity contribution in [1.29, 1.82) is 0 Å². The molecule has 88 valence electrons. The second-order valence-corrected chi connectivity index (χ2v) is 5.40. The number of carboxylic acid groups (broad SMARTS) is 1. The van der Waals surface area contributed by atoms with Crippen LogP contribution < -0.4 is 0 Å². The molecule has 16 heavy (non-hydrogen) atoms. The Hall–Kier alpha value is -0.940. The summed E-state index contributed by atoms with van der Waals surface area (Å²) >= 11 is 1.58. The molecule has 5 heteroatoms. The van der Waals surface area contributed by atoms with E-state index in [1.807, 2.05) is 13.1 Å². The lowest BCUT2D eigenvalue weighted by Crippen LogP contribution is -2.54. The molecule has 0 saturated carbocycles. The van der Waals surface area contributed by atoms with E-state index in [2.05, 4.69) is 9.88 Å². The third-order valence-corrected chi connectivity index (χ3v) is 4.09. The molecule has 1 aliphatic heterocycles. The fourth-order valence-electron chi connectivity index (χ4n) is 2.18. The van der Waals surface area contributed by atoms with Crippen molar-refractivity contribution in [2.24, 2.45) is 0 Å². The van der Waals surface area contributed by atoms with Gasteiger partial charge in [-0.3, -0.25) is 14.7 Å². The lowest BCUT2D eigenvalue weighted by atomic mass is 9.88. The molecule has 2 rings (SSSR count). The van der Waals surface area contributed by atoms with E-state index in [0.29, 0.717) is 6.54 Å². The standard InChI is InChI=1S/C11H16N2O2S/c1-11(10(14)15)4-2-3-5-13(11)7-9-6-12-8-16-9/h6,8H,2-5,7H2,1H3,(H,14,15). The molecule has 0 bridgehead atoms.